The highest BCUT2D eigenvalue weighted by Gasteiger charge is 2.14. The number of hydrogen-bond acceptors (Lipinski definition) is 4. The zero-order valence-electron chi connectivity index (χ0n) is 10.4. The Morgan fingerprint density at radius 1 is 1.26 bits per heavy atom. The normalized spacial score (nSPS) is 10.9. The lowest BCUT2D eigenvalue weighted by Gasteiger charge is -2.09. The molecule has 0 saturated heterocycles. The molecule has 0 radical (unpaired) electrons. The van der Waals surface area contributed by atoms with Gasteiger partial charge in [-0.2, -0.15) is 10.1 Å². The molecule has 0 unspecified atom stereocenters. The highest BCUT2D eigenvalue weighted by Crippen LogP contribution is 2.33. The van der Waals surface area contributed by atoms with E-state index in [2.05, 4.69) is 20.2 Å². The Morgan fingerprint density at radius 3 is 2.89 bits per heavy atom. The van der Waals surface area contributed by atoms with Crippen molar-refractivity contribution in [3.8, 4) is 17.0 Å². The molecule has 5 nitrogen and oxygen atoms in total. The molecule has 2 aromatic heterocycles. The van der Waals surface area contributed by atoms with E-state index in [0.29, 0.717) is 11.3 Å². The van der Waals surface area contributed by atoms with Gasteiger partial charge in [0.2, 0.25) is 5.28 Å². The van der Waals surface area contributed by atoms with Crippen LogP contribution in [-0.4, -0.2) is 27.3 Å². The second-order valence-electron chi connectivity index (χ2n) is 4.18. The van der Waals surface area contributed by atoms with Crippen molar-refractivity contribution in [2.45, 2.75) is 6.92 Å². The number of methoxy groups -OCH3 is 1. The van der Waals surface area contributed by atoms with Gasteiger partial charge in [-0.3, -0.25) is 5.10 Å². The summed E-state index contributed by atoms with van der Waals surface area (Å²) in [7, 11) is 1.63. The largest absolute Gasteiger partial charge is 0.496 e. The predicted molar refractivity (Wildman–Crippen MR) is 73.4 cm³/mol. The molecule has 6 heteroatoms. The summed E-state index contributed by atoms with van der Waals surface area (Å²) in [6.07, 6.45) is 1.68. The van der Waals surface area contributed by atoms with E-state index in [1.54, 1.807) is 13.3 Å². The van der Waals surface area contributed by atoms with Crippen molar-refractivity contribution in [3.63, 3.8) is 0 Å². The topological polar surface area (TPSA) is 63.7 Å². The fourth-order valence-corrected chi connectivity index (χ4v) is 2.19. The van der Waals surface area contributed by atoms with Crippen LogP contribution in [0.2, 0.25) is 5.28 Å². The first-order chi connectivity index (χ1) is 9.19. The van der Waals surface area contributed by atoms with Crippen LogP contribution in [-0.2, 0) is 0 Å². The molecule has 1 N–H and O–H groups in total. The van der Waals surface area contributed by atoms with Crippen molar-refractivity contribution < 1.29 is 4.74 Å². The third-order valence-electron chi connectivity index (χ3n) is 2.89. The van der Waals surface area contributed by atoms with Gasteiger partial charge >= 0.3 is 0 Å². The van der Waals surface area contributed by atoms with Crippen LogP contribution in [0.1, 0.15) is 5.56 Å². The maximum Gasteiger partial charge on any atom is 0.224 e. The van der Waals surface area contributed by atoms with Gasteiger partial charge in [-0.1, -0.05) is 11.6 Å². The van der Waals surface area contributed by atoms with E-state index in [0.717, 1.165) is 22.3 Å². The van der Waals surface area contributed by atoms with E-state index in [9.17, 15) is 0 Å². The number of aryl methyl sites for hydroxylation is 1. The molecule has 0 aliphatic carbocycles. The quantitative estimate of drug-likeness (QED) is 0.730. The Bertz CT molecular complexity index is 753. The molecule has 19 heavy (non-hydrogen) atoms. The van der Waals surface area contributed by atoms with Gasteiger partial charge in [-0.05, 0) is 30.7 Å². The summed E-state index contributed by atoms with van der Waals surface area (Å²) in [5.41, 5.74) is 3.31. The van der Waals surface area contributed by atoms with Crippen molar-refractivity contribution >= 4 is 22.6 Å². The number of ether oxygens (including phenoxy) is 1. The lowest BCUT2D eigenvalue weighted by atomic mass is 10.1. The molecular formula is C13H11ClN4O. The van der Waals surface area contributed by atoms with E-state index in [-0.39, 0.29) is 5.28 Å². The molecule has 1 aromatic carbocycles. The molecule has 3 aromatic rings. The summed E-state index contributed by atoms with van der Waals surface area (Å²) >= 11 is 5.96. The fraction of sp³-hybridized carbons (Fsp3) is 0.154. The predicted octanol–water partition coefficient (Wildman–Crippen LogP) is 2.99. The minimum absolute atomic E-state index is 0.176. The summed E-state index contributed by atoms with van der Waals surface area (Å²) in [6.45, 7) is 2.01. The Labute approximate surface area is 114 Å². The lowest BCUT2D eigenvalue weighted by molar-refractivity contribution is 0.416. The fourth-order valence-electron chi connectivity index (χ4n) is 2.02. The molecule has 0 aliphatic rings. The first kappa shape index (κ1) is 11.9. The number of aromatic nitrogens is 4. The van der Waals surface area contributed by atoms with Crippen molar-refractivity contribution in [3.05, 3.63) is 35.2 Å². The molecule has 0 atom stereocenters. The first-order valence-electron chi connectivity index (χ1n) is 5.70. The molecule has 3 rings (SSSR count). The molecule has 0 fully saturated rings. The average molecular weight is 275 g/mol. The number of benzene rings is 1. The SMILES string of the molecule is COc1ccc(C)cc1-c1nc(Cl)nc2[nH]ncc12. The van der Waals surface area contributed by atoms with Gasteiger partial charge in [0.25, 0.3) is 0 Å². The Kier molecular flexibility index (Phi) is 2.83. The maximum atomic E-state index is 5.96. The highest BCUT2D eigenvalue weighted by molar-refractivity contribution is 6.28. The molecule has 0 aliphatic heterocycles. The standard InChI is InChI=1S/C13H11ClN4O/c1-7-3-4-10(19-2)8(5-7)11-9-6-15-18-12(9)17-13(14)16-11/h3-6H,1-2H3,(H,15,16,17,18). The zero-order valence-corrected chi connectivity index (χ0v) is 11.2. The molecule has 0 spiro atoms. The maximum absolute atomic E-state index is 5.96. The van der Waals surface area contributed by atoms with E-state index in [1.807, 2.05) is 25.1 Å². The first-order valence-corrected chi connectivity index (χ1v) is 6.08. The number of rotatable bonds is 2. The Morgan fingerprint density at radius 2 is 2.11 bits per heavy atom. The lowest BCUT2D eigenvalue weighted by Crippen LogP contribution is -1.94. The molecule has 2 heterocycles. The second kappa shape index (κ2) is 4.51. The number of halogens is 1. The minimum Gasteiger partial charge on any atom is -0.496 e. The highest BCUT2D eigenvalue weighted by atomic mass is 35.5. The van der Waals surface area contributed by atoms with Crippen LogP contribution < -0.4 is 4.74 Å². The van der Waals surface area contributed by atoms with Gasteiger partial charge in [-0.15, -0.1) is 0 Å². The second-order valence-corrected chi connectivity index (χ2v) is 4.52. The third-order valence-corrected chi connectivity index (χ3v) is 3.06. The van der Waals surface area contributed by atoms with Crippen LogP contribution in [0.15, 0.2) is 24.4 Å². The summed E-state index contributed by atoms with van der Waals surface area (Å²) in [4.78, 5) is 8.40. The van der Waals surface area contributed by atoms with E-state index in [4.69, 9.17) is 16.3 Å². The number of fused-ring (bicyclic) bond motifs is 1. The monoisotopic (exact) mass is 274 g/mol. The third kappa shape index (κ3) is 2.02. The van der Waals surface area contributed by atoms with Crippen molar-refractivity contribution in [1.29, 1.82) is 0 Å². The summed E-state index contributed by atoms with van der Waals surface area (Å²) < 4.78 is 5.39. The van der Waals surface area contributed by atoms with Gasteiger partial charge in [0.15, 0.2) is 5.65 Å². The summed E-state index contributed by atoms with van der Waals surface area (Å²) in [6, 6.07) is 5.90. The van der Waals surface area contributed by atoms with Crippen LogP contribution in [0.4, 0.5) is 0 Å². The van der Waals surface area contributed by atoms with Gasteiger partial charge in [0, 0.05) is 5.56 Å². The number of aromatic amines is 1. The van der Waals surface area contributed by atoms with Crippen molar-refractivity contribution in [1.82, 2.24) is 20.2 Å². The molecule has 0 amide bonds. The van der Waals surface area contributed by atoms with E-state index in [1.165, 1.54) is 0 Å². The van der Waals surface area contributed by atoms with Crippen molar-refractivity contribution in [2.24, 2.45) is 0 Å². The molecular weight excluding hydrogens is 264 g/mol. The number of hydrogen-bond donors (Lipinski definition) is 1. The molecule has 0 bridgehead atoms. The van der Waals surface area contributed by atoms with Crippen LogP contribution >= 0.6 is 11.6 Å². The number of nitrogens with one attached hydrogen (secondary N) is 1. The van der Waals surface area contributed by atoms with E-state index < -0.39 is 0 Å². The van der Waals surface area contributed by atoms with Crippen LogP contribution in [0.25, 0.3) is 22.3 Å². The number of nitrogens with zero attached hydrogens (tertiary/aromatic N) is 3. The van der Waals surface area contributed by atoms with E-state index >= 15 is 0 Å². The van der Waals surface area contributed by atoms with Gasteiger partial charge < -0.3 is 4.74 Å². The molecule has 96 valence electrons. The van der Waals surface area contributed by atoms with Crippen molar-refractivity contribution in [2.75, 3.05) is 7.11 Å². The Hall–Kier alpha value is -2.14. The molecule has 0 saturated carbocycles. The Balaban J connectivity index is 2.35. The van der Waals surface area contributed by atoms with Crippen LogP contribution in [0.5, 0.6) is 5.75 Å². The number of H-pyrrole nitrogens is 1. The van der Waals surface area contributed by atoms with Gasteiger partial charge in [-0.25, -0.2) is 4.98 Å². The van der Waals surface area contributed by atoms with Gasteiger partial charge in [0.1, 0.15) is 5.75 Å². The summed E-state index contributed by atoms with van der Waals surface area (Å²) in [5, 5.41) is 7.77. The average Bonchev–Trinajstić information content (AvgIpc) is 2.85. The summed E-state index contributed by atoms with van der Waals surface area (Å²) in [5.74, 6) is 0.739. The zero-order chi connectivity index (χ0) is 13.4. The van der Waals surface area contributed by atoms with Crippen LogP contribution in [0, 0.1) is 6.92 Å². The van der Waals surface area contributed by atoms with Gasteiger partial charge in [0.05, 0.1) is 24.4 Å². The minimum atomic E-state index is 0.176. The van der Waals surface area contributed by atoms with Crippen LogP contribution in [0.3, 0.4) is 0 Å². The smallest absolute Gasteiger partial charge is 0.224 e.